The Morgan fingerprint density at radius 3 is 2.61 bits per heavy atom. The highest BCUT2D eigenvalue weighted by Gasteiger charge is 2.12. The monoisotopic (exact) mass is 374 g/mol. The lowest BCUT2D eigenvalue weighted by molar-refractivity contribution is 0.0951. The van der Waals surface area contributed by atoms with Crippen LogP contribution >= 0.6 is 0 Å². The lowest BCUT2D eigenvalue weighted by Crippen LogP contribution is -2.23. The van der Waals surface area contributed by atoms with E-state index >= 15 is 0 Å². The van der Waals surface area contributed by atoms with Crippen molar-refractivity contribution in [3.05, 3.63) is 84.7 Å². The molecule has 0 aliphatic heterocycles. The Hall–Kier alpha value is -3.94. The SMILES string of the molecule is COc1ccccc1-n1cc(C(=O)NCc2ccccc2-n2cncn2)cn1. The quantitative estimate of drug-likeness (QED) is 0.560. The van der Waals surface area contributed by atoms with Crippen LogP contribution in [0.1, 0.15) is 15.9 Å². The van der Waals surface area contributed by atoms with Crippen LogP contribution in [0.2, 0.25) is 0 Å². The van der Waals surface area contributed by atoms with Crippen LogP contribution in [0.5, 0.6) is 5.75 Å². The number of nitrogens with one attached hydrogen (secondary N) is 1. The highest BCUT2D eigenvalue weighted by Crippen LogP contribution is 2.21. The number of benzene rings is 2. The van der Waals surface area contributed by atoms with Crippen molar-refractivity contribution in [1.29, 1.82) is 0 Å². The number of hydrogen-bond acceptors (Lipinski definition) is 5. The maximum Gasteiger partial charge on any atom is 0.254 e. The molecule has 4 aromatic rings. The number of amides is 1. The van der Waals surface area contributed by atoms with E-state index in [0.717, 1.165) is 16.9 Å². The summed E-state index contributed by atoms with van der Waals surface area (Å²) in [4.78, 5) is 16.6. The number of nitrogens with zero attached hydrogens (tertiary/aromatic N) is 5. The molecule has 8 nitrogen and oxygen atoms in total. The Kier molecular flexibility index (Phi) is 4.83. The van der Waals surface area contributed by atoms with Gasteiger partial charge in [0.15, 0.2) is 0 Å². The van der Waals surface area contributed by atoms with Gasteiger partial charge in [0.1, 0.15) is 24.1 Å². The normalized spacial score (nSPS) is 10.6. The zero-order valence-corrected chi connectivity index (χ0v) is 15.2. The largest absolute Gasteiger partial charge is 0.494 e. The molecular weight excluding hydrogens is 356 g/mol. The number of rotatable bonds is 6. The molecule has 1 N–H and O–H groups in total. The molecule has 8 heteroatoms. The molecular formula is C20H18N6O2. The van der Waals surface area contributed by atoms with Gasteiger partial charge in [0, 0.05) is 12.7 Å². The Balaban J connectivity index is 1.50. The van der Waals surface area contributed by atoms with Crippen LogP contribution < -0.4 is 10.1 Å². The zero-order chi connectivity index (χ0) is 19.3. The Bertz CT molecular complexity index is 1090. The van der Waals surface area contributed by atoms with Crippen LogP contribution in [0, 0.1) is 0 Å². The first kappa shape index (κ1) is 17.5. The molecule has 1 amide bonds. The van der Waals surface area contributed by atoms with E-state index in [-0.39, 0.29) is 5.91 Å². The first-order valence-electron chi connectivity index (χ1n) is 8.65. The molecule has 28 heavy (non-hydrogen) atoms. The number of para-hydroxylation sites is 3. The van der Waals surface area contributed by atoms with Gasteiger partial charge in [-0.25, -0.2) is 14.3 Å². The van der Waals surface area contributed by atoms with Crippen molar-refractivity contribution in [2.45, 2.75) is 6.54 Å². The maximum atomic E-state index is 12.6. The minimum absolute atomic E-state index is 0.213. The molecule has 0 aliphatic rings. The Morgan fingerprint density at radius 2 is 1.82 bits per heavy atom. The summed E-state index contributed by atoms with van der Waals surface area (Å²) in [5.74, 6) is 0.467. The maximum absolute atomic E-state index is 12.6. The first-order chi connectivity index (χ1) is 13.8. The van der Waals surface area contributed by atoms with Crippen LogP contribution in [0.4, 0.5) is 0 Å². The van der Waals surface area contributed by atoms with Gasteiger partial charge in [-0.15, -0.1) is 0 Å². The number of hydrogen-bond donors (Lipinski definition) is 1. The first-order valence-corrected chi connectivity index (χ1v) is 8.65. The van der Waals surface area contributed by atoms with Crippen LogP contribution in [0.3, 0.4) is 0 Å². The minimum Gasteiger partial charge on any atom is -0.494 e. The molecule has 0 bridgehead atoms. The third-order valence-corrected chi connectivity index (χ3v) is 4.27. The Morgan fingerprint density at radius 1 is 1.04 bits per heavy atom. The van der Waals surface area contributed by atoms with E-state index in [1.807, 2.05) is 48.5 Å². The molecule has 0 fully saturated rings. The van der Waals surface area contributed by atoms with Crippen LogP contribution in [-0.4, -0.2) is 37.6 Å². The summed E-state index contributed by atoms with van der Waals surface area (Å²) in [7, 11) is 1.60. The van der Waals surface area contributed by atoms with E-state index in [0.29, 0.717) is 17.9 Å². The van der Waals surface area contributed by atoms with Crippen molar-refractivity contribution in [3.8, 4) is 17.1 Å². The van der Waals surface area contributed by atoms with Crippen LogP contribution in [0.25, 0.3) is 11.4 Å². The number of methoxy groups -OCH3 is 1. The second-order valence-electron chi connectivity index (χ2n) is 6.00. The summed E-state index contributed by atoms with van der Waals surface area (Å²) in [6, 6.07) is 15.2. The van der Waals surface area contributed by atoms with E-state index in [1.54, 1.807) is 29.0 Å². The van der Waals surface area contributed by atoms with Gasteiger partial charge in [-0.3, -0.25) is 4.79 Å². The second kappa shape index (κ2) is 7.75. The average Bonchev–Trinajstić information content (AvgIpc) is 3.44. The van der Waals surface area contributed by atoms with E-state index < -0.39 is 0 Å². The van der Waals surface area contributed by atoms with Gasteiger partial charge in [0.05, 0.1) is 24.6 Å². The summed E-state index contributed by atoms with van der Waals surface area (Å²) in [6.07, 6.45) is 6.31. The third-order valence-electron chi connectivity index (χ3n) is 4.27. The number of aromatic nitrogens is 5. The van der Waals surface area contributed by atoms with Crippen molar-refractivity contribution in [2.75, 3.05) is 7.11 Å². The highest BCUT2D eigenvalue weighted by molar-refractivity contribution is 5.93. The fourth-order valence-electron chi connectivity index (χ4n) is 2.88. The lowest BCUT2D eigenvalue weighted by Gasteiger charge is -2.10. The van der Waals surface area contributed by atoms with Crippen molar-refractivity contribution in [2.24, 2.45) is 0 Å². The zero-order valence-electron chi connectivity index (χ0n) is 15.2. The topological polar surface area (TPSA) is 86.9 Å². The van der Waals surface area contributed by atoms with Gasteiger partial charge in [0.2, 0.25) is 0 Å². The molecule has 0 spiro atoms. The molecule has 0 saturated carbocycles. The summed E-state index contributed by atoms with van der Waals surface area (Å²) >= 11 is 0. The van der Waals surface area contributed by atoms with Crippen LogP contribution in [0.15, 0.2) is 73.6 Å². The molecule has 4 rings (SSSR count). The molecule has 0 unspecified atom stereocenters. The van der Waals surface area contributed by atoms with Gasteiger partial charge in [-0.05, 0) is 23.8 Å². The molecule has 2 heterocycles. The number of carbonyl (C=O) groups excluding carboxylic acids is 1. The van der Waals surface area contributed by atoms with Gasteiger partial charge >= 0.3 is 0 Å². The van der Waals surface area contributed by atoms with Gasteiger partial charge < -0.3 is 10.1 Å². The predicted octanol–water partition coefficient (Wildman–Crippen LogP) is 2.39. The molecule has 0 aliphatic carbocycles. The van der Waals surface area contributed by atoms with E-state index in [4.69, 9.17) is 4.74 Å². The highest BCUT2D eigenvalue weighted by atomic mass is 16.5. The lowest BCUT2D eigenvalue weighted by atomic mass is 10.1. The molecule has 2 aromatic carbocycles. The van der Waals surface area contributed by atoms with Crippen LogP contribution in [-0.2, 0) is 6.54 Å². The van der Waals surface area contributed by atoms with Crippen molar-refractivity contribution in [1.82, 2.24) is 29.9 Å². The predicted molar refractivity (Wildman–Crippen MR) is 103 cm³/mol. The third kappa shape index (κ3) is 3.48. The van der Waals surface area contributed by atoms with E-state index in [1.165, 1.54) is 12.5 Å². The molecule has 0 saturated heterocycles. The Labute approximate surface area is 161 Å². The van der Waals surface area contributed by atoms with E-state index in [2.05, 4.69) is 20.5 Å². The smallest absolute Gasteiger partial charge is 0.254 e. The summed E-state index contributed by atoms with van der Waals surface area (Å²) in [6.45, 7) is 0.356. The average molecular weight is 374 g/mol. The minimum atomic E-state index is -0.213. The number of ether oxygens (including phenoxy) is 1. The molecule has 140 valence electrons. The summed E-state index contributed by atoms with van der Waals surface area (Å²) in [5, 5.41) is 11.4. The van der Waals surface area contributed by atoms with Gasteiger partial charge in [-0.2, -0.15) is 10.2 Å². The summed E-state index contributed by atoms with van der Waals surface area (Å²) < 4.78 is 8.64. The molecule has 0 atom stereocenters. The fourth-order valence-corrected chi connectivity index (χ4v) is 2.88. The number of carbonyl (C=O) groups is 1. The van der Waals surface area contributed by atoms with Crippen molar-refractivity contribution in [3.63, 3.8) is 0 Å². The van der Waals surface area contributed by atoms with Crippen molar-refractivity contribution >= 4 is 5.91 Å². The van der Waals surface area contributed by atoms with Gasteiger partial charge in [-0.1, -0.05) is 30.3 Å². The summed E-state index contributed by atoms with van der Waals surface area (Å²) in [5.41, 5.74) is 3.02. The second-order valence-corrected chi connectivity index (χ2v) is 6.00. The van der Waals surface area contributed by atoms with E-state index in [9.17, 15) is 4.79 Å². The molecule has 2 aromatic heterocycles. The standard InChI is InChI=1S/C20H18N6O2/c1-28-19-9-5-4-8-18(19)25-12-16(11-23-25)20(27)22-10-15-6-2-3-7-17(15)26-14-21-13-24-26/h2-9,11-14H,10H2,1H3,(H,22,27). The fraction of sp³-hybridized carbons (Fsp3) is 0.100. The van der Waals surface area contributed by atoms with Crippen molar-refractivity contribution < 1.29 is 9.53 Å². The van der Waals surface area contributed by atoms with Gasteiger partial charge in [0.25, 0.3) is 5.91 Å². The molecule has 0 radical (unpaired) electrons.